The number of hydrogen-bond donors (Lipinski definition) is 2. The third kappa shape index (κ3) is 4.02. The number of hydrogen-bond acceptors (Lipinski definition) is 3. The first-order chi connectivity index (χ1) is 9.69. The predicted molar refractivity (Wildman–Crippen MR) is 78.7 cm³/mol. The van der Waals surface area contributed by atoms with Gasteiger partial charge in [0.1, 0.15) is 0 Å². The van der Waals surface area contributed by atoms with E-state index in [0.29, 0.717) is 11.8 Å². The highest BCUT2D eigenvalue weighted by molar-refractivity contribution is 5.92. The zero-order valence-corrected chi connectivity index (χ0v) is 11.8. The molecule has 2 N–H and O–H groups in total. The molecule has 0 saturated heterocycles. The summed E-state index contributed by atoms with van der Waals surface area (Å²) in [4.78, 5) is 11.8. The number of carbonyl (C=O) groups is 1. The number of phenolic OH excluding ortho intramolecular Hbond substituents is 1. The van der Waals surface area contributed by atoms with E-state index in [1.54, 1.807) is 24.3 Å². The summed E-state index contributed by atoms with van der Waals surface area (Å²) in [5.41, 5.74) is 0.818. The SMILES string of the molecule is COc1cc(C=CC(=O)NC2CCCCC2)ccc1O. The molecular weight excluding hydrogens is 254 g/mol. The quantitative estimate of drug-likeness (QED) is 0.831. The molecule has 4 nitrogen and oxygen atoms in total. The Bertz CT molecular complexity index is 490. The van der Waals surface area contributed by atoms with Gasteiger partial charge in [0.05, 0.1) is 7.11 Å². The number of aromatic hydroxyl groups is 1. The van der Waals surface area contributed by atoms with Crippen LogP contribution in [-0.4, -0.2) is 24.2 Å². The minimum atomic E-state index is -0.0658. The van der Waals surface area contributed by atoms with Crippen LogP contribution in [0.1, 0.15) is 37.7 Å². The van der Waals surface area contributed by atoms with Gasteiger partial charge in [-0.2, -0.15) is 0 Å². The van der Waals surface area contributed by atoms with Crippen LogP contribution in [0.25, 0.3) is 6.08 Å². The van der Waals surface area contributed by atoms with Crippen LogP contribution in [0.3, 0.4) is 0 Å². The van der Waals surface area contributed by atoms with Gasteiger partial charge in [0.25, 0.3) is 0 Å². The second kappa shape index (κ2) is 6.98. The van der Waals surface area contributed by atoms with Crippen molar-refractivity contribution >= 4 is 12.0 Å². The molecule has 0 heterocycles. The van der Waals surface area contributed by atoms with Gasteiger partial charge in [0.2, 0.25) is 5.91 Å². The average molecular weight is 275 g/mol. The van der Waals surface area contributed by atoms with Crippen LogP contribution in [-0.2, 0) is 4.79 Å². The molecule has 1 aromatic carbocycles. The largest absolute Gasteiger partial charge is 0.504 e. The van der Waals surface area contributed by atoms with Crippen LogP contribution in [0.2, 0.25) is 0 Å². The predicted octanol–water partition coefficient (Wildman–Crippen LogP) is 2.86. The van der Waals surface area contributed by atoms with Crippen molar-refractivity contribution in [3.63, 3.8) is 0 Å². The maximum Gasteiger partial charge on any atom is 0.244 e. The van der Waals surface area contributed by atoms with E-state index in [4.69, 9.17) is 4.74 Å². The molecule has 20 heavy (non-hydrogen) atoms. The number of carbonyl (C=O) groups excluding carboxylic acids is 1. The topological polar surface area (TPSA) is 58.6 Å². The fraction of sp³-hybridized carbons (Fsp3) is 0.438. The van der Waals surface area contributed by atoms with Crippen molar-refractivity contribution in [3.05, 3.63) is 29.8 Å². The first kappa shape index (κ1) is 14.4. The first-order valence-corrected chi connectivity index (χ1v) is 7.04. The van der Waals surface area contributed by atoms with Crippen molar-refractivity contribution in [1.82, 2.24) is 5.32 Å². The van der Waals surface area contributed by atoms with E-state index in [9.17, 15) is 9.90 Å². The van der Waals surface area contributed by atoms with E-state index in [0.717, 1.165) is 18.4 Å². The van der Waals surface area contributed by atoms with Gasteiger partial charge in [0, 0.05) is 12.1 Å². The summed E-state index contributed by atoms with van der Waals surface area (Å²) in [5, 5.41) is 12.5. The van der Waals surface area contributed by atoms with Gasteiger partial charge in [-0.15, -0.1) is 0 Å². The second-order valence-corrected chi connectivity index (χ2v) is 5.11. The number of benzene rings is 1. The van der Waals surface area contributed by atoms with Gasteiger partial charge in [0.15, 0.2) is 11.5 Å². The van der Waals surface area contributed by atoms with Crippen LogP contribution in [0.5, 0.6) is 11.5 Å². The average Bonchev–Trinajstić information content (AvgIpc) is 2.47. The molecule has 1 aromatic rings. The molecule has 0 atom stereocenters. The highest BCUT2D eigenvalue weighted by Gasteiger charge is 2.14. The lowest BCUT2D eigenvalue weighted by atomic mass is 9.95. The Labute approximate surface area is 119 Å². The molecule has 1 aliphatic carbocycles. The highest BCUT2D eigenvalue weighted by Crippen LogP contribution is 2.26. The van der Waals surface area contributed by atoms with Gasteiger partial charge in [-0.25, -0.2) is 0 Å². The number of amides is 1. The zero-order valence-electron chi connectivity index (χ0n) is 11.8. The van der Waals surface area contributed by atoms with Crippen LogP contribution in [0, 0.1) is 0 Å². The second-order valence-electron chi connectivity index (χ2n) is 5.11. The normalized spacial score (nSPS) is 16.2. The minimum Gasteiger partial charge on any atom is -0.504 e. The molecule has 0 aliphatic heterocycles. The maximum atomic E-state index is 11.8. The fourth-order valence-corrected chi connectivity index (χ4v) is 2.47. The third-order valence-corrected chi connectivity index (χ3v) is 3.58. The number of phenols is 1. The van der Waals surface area contributed by atoms with Gasteiger partial charge in [-0.1, -0.05) is 25.3 Å². The number of nitrogens with one attached hydrogen (secondary N) is 1. The monoisotopic (exact) mass is 275 g/mol. The Morgan fingerprint density at radius 2 is 2.10 bits per heavy atom. The first-order valence-electron chi connectivity index (χ1n) is 7.04. The summed E-state index contributed by atoms with van der Waals surface area (Å²) in [5.74, 6) is 0.431. The summed E-state index contributed by atoms with van der Waals surface area (Å²) in [6.07, 6.45) is 9.07. The Morgan fingerprint density at radius 1 is 1.35 bits per heavy atom. The Morgan fingerprint density at radius 3 is 2.80 bits per heavy atom. The Hall–Kier alpha value is -1.97. The Kier molecular flexibility index (Phi) is 5.04. The third-order valence-electron chi connectivity index (χ3n) is 3.58. The van der Waals surface area contributed by atoms with Crippen molar-refractivity contribution in [2.45, 2.75) is 38.1 Å². The van der Waals surface area contributed by atoms with Crippen molar-refractivity contribution in [2.75, 3.05) is 7.11 Å². The van der Waals surface area contributed by atoms with E-state index in [1.165, 1.54) is 32.4 Å². The van der Waals surface area contributed by atoms with Crippen LogP contribution >= 0.6 is 0 Å². The van der Waals surface area contributed by atoms with Crippen molar-refractivity contribution in [3.8, 4) is 11.5 Å². The van der Waals surface area contributed by atoms with E-state index in [-0.39, 0.29) is 11.7 Å². The lowest BCUT2D eigenvalue weighted by Crippen LogP contribution is -2.34. The fourth-order valence-electron chi connectivity index (χ4n) is 2.47. The highest BCUT2D eigenvalue weighted by atomic mass is 16.5. The molecule has 1 saturated carbocycles. The number of ether oxygens (including phenoxy) is 1. The summed E-state index contributed by atoms with van der Waals surface area (Å²) in [6.45, 7) is 0. The molecule has 0 radical (unpaired) electrons. The van der Waals surface area contributed by atoms with Gasteiger partial charge >= 0.3 is 0 Å². The van der Waals surface area contributed by atoms with E-state index < -0.39 is 0 Å². The lowest BCUT2D eigenvalue weighted by molar-refractivity contribution is -0.117. The number of methoxy groups -OCH3 is 1. The maximum absolute atomic E-state index is 11.8. The Balaban J connectivity index is 1.92. The molecule has 2 rings (SSSR count). The molecule has 108 valence electrons. The molecule has 0 unspecified atom stereocenters. The van der Waals surface area contributed by atoms with Crippen molar-refractivity contribution < 1.29 is 14.6 Å². The van der Waals surface area contributed by atoms with E-state index >= 15 is 0 Å². The van der Waals surface area contributed by atoms with E-state index in [1.807, 2.05) is 0 Å². The molecular formula is C16H21NO3. The van der Waals surface area contributed by atoms with Gasteiger partial charge in [-0.05, 0) is 36.6 Å². The van der Waals surface area contributed by atoms with E-state index in [2.05, 4.69) is 5.32 Å². The molecule has 0 aromatic heterocycles. The lowest BCUT2D eigenvalue weighted by Gasteiger charge is -2.21. The molecule has 0 spiro atoms. The molecule has 0 bridgehead atoms. The van der Waals surface area contributed by atoms with Gasteiger partial charge < -0.3 is 15.2 Å². The molecule has 4 heteroatoms. The minimum absolute atomic E-state index is 0.0658. The molecule has 1 fully saturated rings. The molecule has 1 aliphatic rings. The van der Waals surface area contributed by atoms with Gasteiger partial charge in [-0.3, -0.25) is 4.79 Å². The smallest absolute Gasteiger partial charge is 0.244 e. The summed E-state index contributed by atoms with van der Waals surface area (Å²) >= 11 is 0. The van der Waals surface area contributed by atoms with Crippen molar-refractivity contribution in [2.24, 2.45) is 0 Å². The standard InChI is InChI=1S/C16H21NO3/c1-20-15-11-12(7-9-14(15)18)8-10-16(19)17-13-5-3-2-4-6-13/h7-11,13,18H,2-6H2,1H3,(H,17,19). The van der Waals surface area contributed by atoms with Crippen LogP contribution in [0.15, 0.2) is 24.3 Å². The van der Waals surface area contributed by atoms with Crippen molar-refractivity contribution in [1.29, 1.82) is 0 Å². The van der Waals surface area contributed by atoms with Crippen LogP contribution in [0.4, 0.5) is 0 Å². The summed E-state index contributed by atoms with van der Waals surface area (Å²) in [7, 11) is 1.50. The summed E-state index contributed by atoms with van der Waals surface area (Å²) in [6, 6.07) is 5.30. The zero-order chi connectivity index (χ0) is 14.4. The van der Waals surface area contributed by atoms with Crippen LogP contribution < -0.4 is 10.1 Å². The summed E-state index contributed by atoms with van der Waals surface area (Å²) < 4.78 is 5.03. The molecule has 1 amide bonds. The number of rotatable bonds is 4.